The average molecular weight is 468 g/mol. The van der Waals surface area contributed by atoms with E-state index >= 15 is 0 Å². The Labute approximate surface area is 202 Å². The fourth-order valence-corrected chi connectivity index (χ4v) is 5.19. The second-order valence-corrected chi connectivity index (χ2v) is 9.53. The zero-order valence-corrected chi connectivity index (χ0v) is 20.6. The number of nitrogens with one attached hydrogen (secondary N) is 1. The van der Waals surface area contributed by atoms with Crippen LogP contribution in [0.15, 0.2) is 30.3 Å². The molecule has 2 aliphatic rings. The first-order chi connectivity index (χ1) is 16.4. The number of aliphatic carboxylic acids is 1. The number of ether oxygens (including phenoxy) is 3. The Morgan fingerprint density at radius 1 is 1.12 bits per heavy atom. The molecule has 2 aromatic carbocycles. The maximum absolute atomic E-state index is 12.2. The Kier molecular flexibility index (Phi) is 7.79. The van der Waals surface area contributed by atoms with Gasteiger partial charge in [0.25, 0.3) is 0 Å². The van der Waals surface area contributed by atoms with Gasteiger partial charge in [0.15, 0.2) is 0 Å². The van der Waals surface area contributed by atoms with Crippen molar-refractivity contribution >= 4 is 11.7 Å². The van der Waals surface area contributed by atoms with Crippen LogP contribution in [-0.2, 0) is 20.9 Å². The number of hydrogen-bond acceptors (Lipinski definition) is 5. The second kappa shape index (κ2) is 10.8. The van der Waals surface area contributed by atoms with Crippen LogP contribution in [0.1, 0.15) is 62.1 Å². The minimum Gasteiger partial charge on any atom is -0.493 e. The fourth-order valence-electron chi connectivity index (χ4n) is 5.19. The molecule has 0 unspecified atom stereocenters. The van der Waals surface area contributed by atoms with E-state index < -0.39 is 11.5 Å². The van der Waals surface area contributed by atoms with Gasteiger partial charge in [0.1, 0.15) is 11.3 Å². The van der Waals surface area contributed by atoms with E-state index in [0.29, 0.717) is 45.4 Å². The largest absolute Gasteiger partial charge is 0.493 e. The van der Waals surface area contributed by atoms with Gasteiger partial charge in [-0.1, -0.05) is 31.0 Å². The van der Waals surface area contributed by atoms with Gasteiger partial charge in [0.2, 0.25) is 0 Å². The summed E-state index contributed by atoms with van der Waals surface area (Å²) in [6.07, 6.45) is 5.82. The third kappa shape index (κ3) is 5.23. The van der Waals surface area contributed by atoms with Crippen LogP contribution in [-0.4, -0.2) is 42.5 Å². The number of aryl methyl sites for hydroxylation is 1. The monoisotopic (exact) mass is 467 g/mol. The molecule has 2 fully saturated rings. The molecule has 0 amide bonds. The molecule has 1 heterocycles. The summed E-state index contributed by atoms with van der Waals surface area (Å²) in [6, 6.07) is 10.4. The van der Waals surface area contributed by atoms with Crippen LogP contribution in [0.2, 0.25) is 0 Å². The van der Waals surface area contributed by atoms with Crippen LogP contribution in [0.5, 0.6) is 5.75 Å². The van der Waals surface area contributed by atoms with Gasteiger partial charge in [0, 0.05) is 31.7 Å². The van der Waals surface area contributed by atoms with Crippen molar-refractivity contribution in [1.29, 1.82) is 0 Å². The SMILES string of the molecule is CCOc1c(C)ccc(-c2ccc(NC3(C(=O)O)CCOCC3)cc2COC2CCCC2)c1C. The maximum Gasteiger partial charge on any atom is 0.329 e. The molecule has 2 N–H and O–H groups in total. The molecule has 0 aromatic heterocycles. The summed E-state index contributed by atoms with van der Waals surface area (Å²) in [4.78, 5) is 12.2. The number of hydrogen-bond donors (Lipinski definition) is 2. The molecular weight excluding hydrogens is 430 g/mol. The lowest BCUT2D eigenvalue weighted by Gasteiger charge is -2.35. The highest BCUT2D eigenvalue weighted by atomic mass is 16.5. The zero-order chi connectivity index (χ0) is 24.1. The molecule has 1 saturated carbocycles. The van der Waals surface area contributed by atoms with Crippen molar-refractivity contribution in [2.75, 3.05) is 25.1 Å². The van der Waals surface area contributed by atoms with Crippen LogP contribution < -0.4 is 10.1 Å². The number of benzene rings is 2. The van der Waals surface area contributed by atoms with E-state index in [2.05, 4.69) is 43.4 Å². The standard InChI is InChI=1S/C28H37NO5/c1-4-33-26-19(2)9-11-24(20(26)3)25-12-10-22(17-21(25)18-34-23-7-5-6-8-23)29-28(27(30)31)13-15-32-16-14-28/h9-12,17,23,29H,4-8,13-16,18H2,1-3H3,(H,30,31). The Balaban J connectivity index is 1.70. The molecule has 0 radical (unpaired) electrons. The number of carbonyl (C=O) groups is 1. The first-order valence-electron chi connectivity index (χ1n) is 12.5. The third-order valence-electron chi connectivity index (χ3n) is 7.20. The molecule has 6 heteroatoms. The molecule has 6 nitrogen and oxygen atoms in total. The van der Waals surface area contributed by atoms with Gasteiger partial charge < -0.3 is 24.6 Å². The minimum absolute atomic E-state index is 0.295. The maximum atomic E-state index is 12.2. The van der Waals surface area contributed by atoms with E-state index in [0.717, 1.165) is 52.1 Å². The van der Waals surface area contributed by atoms with Crippen LogP contribution in [0, 0.1) is 13.8 Å². The van der Waals surface area contributed by atoms with Crippen molar-refractivity contribution in [3.05, 3.63) is 47.0 Å². The molecule has 184 valence electrons. The number of carboxylic acids is 1. The van der Waals surface area contributed by atoms with E-state index in [9.17, 15) is 9.90 Å². The Bertz CT molecular complexity index is 1010. The number of rotatable bonds is 9. The molecule has 1 aliphatic carbocycles. The van der Waals surface area contributed by atoms with Crippen LogP contribution >= 0.6 is 0 Å². The first kappa shape index (κ1) is 24.6. The summed E-state index contributed by atoms with van der Waals surface area (Å²) < 4.78 is 17.7. The average Bonchev–Trinajstić information content (AvgIpc) is 3.35. The van der Waals surface area contributed by atoms with Crippen molar-refractivity contribution in [1.82, 2.24) is 0 Å². The van der Waals surface area contributed by atoms with Crippen LogP contribution in [0.4, 0.5) is 5.69 Å². The van der Waals surface area contributed by atoms with E-state index in [1.54, 1.807) is 0 Å². The molecule has 0 atom stereocenters. The van der Waals surface area contributed by atoms with Gasteiger partial charge in [-0.3, -0.25) is 0 Å². The summed E-state index contributed by atoms with van der Waals surface area (Å²) in [5.41, 5.74) is 5.28. The Hall–Kier alpha value is -2.57. The van der Waals surface area contributed by atoms with Crippen LogP contribution in [0.3, 0.4) is 0 Å². The van der Waals surface area contributed by atoms with Gasteiger partial charge in [0.05, 0.1) is 19.3 Å². The van der Waals surface area contributed by atoms with Crippen molar-refractivity contribution in [3.63, 3.8) is 0 Å². The summed E-state index contributed by atoms with van der Waals surface area (Å²) >= 11 is 0. The molecule has 34 heavy (non-hydrogen) atoms. The molecule has 4 rings (SSSR count). The third-order valence-corrected chi connectivity index (χ3v) is 7.20. The second-order valence-electron chi connectivity index (χ2n) is 9.53. The van der Waals surface area contributed by atoms with Crippen molar-refractivity contribution < 1.29 is 24.1 Å². The molecular formula is C28H37NO5. The fraction of sp³-hybridized carbons (Fsp3) is 0.536. The van der Waals surface area contributed by atoms with Gasteiger partial charge in [-0.05, 0) is 73.6 Å². The lowest BCUT2D eigenvalue weighted by atomic mass is 9.89. The Morgan fingerprint density at radius 3 is 2.50 bits per heavy atom. The van der Waals surface area contributed by atoms with E-state index in [-0.39, 0.29) is 0 Å². The summed E-state index contributed by atoms with van der Waals surface area (Å²) in [5, 5.41) is 13.3. The number of anilines is 1. The first-order valence-corrected chi connectivity index (χ1v) is 12.5. The predicted octanol–water partition coefficient (Wildman–Crippen LogP) is 5.87. The van der Waals surface area contributed by atoms with E-state index in [1.165, 1.54) is 12.8 Å². The highest BCUT2D eigenvalue weighted by molar-refractivity contribution is 5.84. The summed E-state index contributed by atoms with van der Waals surface area (Å²) in [5.74, 6) is 0.0938. The molecule has 0 spiro atoms. The highest BCUT2D eigenvalue weighted by Crippen LogP contribution is 2.37. The molecule has 1 aliphatic heterocycles. The van der Waals surface area contributed by atoms with Gasteiger partial charge in [-0.25, -0.2) is 4.79 Å². The Morgan fingerprint density at radius 2 is 1.82 bits per heavy atom. The molecule has 0 bridgehead atoms. The quantitative estimate of drug-likeness (QED) is 0.480. The lowest BCUT2D eigenvalue weighted by molar-refractivity contribution is -0.145. The van der Waals surface area contributed by atoms with Gasteiger partial charge >= 0.3 is 5.97 Å². The topological polar surface area (TPSA) is 77.0 Å². The molecule has 2 aromatic rings. The van der Waals surface area contributed by atoms with Crippen molar-refractivity contribution in [2.24, 2.45) is 0 Å². The minimum atomic E-state index is -1.01. The van der Waals surface area contributed by atoms with E-state index in [4.69, 9.17) is 14.2 Å². The van der Waals surface area contributed by atoms with Gasteiger partial charge in [-0.15, -0.1) is 0 Å². The number of carboxylic acid groups (broad SMARTS) is 1. The smallest absolute Gasteiger partial charge is 0.329 e. The van der Waals surface area contributed by atoms with Crippen molar-refractivity contribution in [3.8, 4) is 16.9 Å². The normalized spacial score (nSPS) is 18.1. The zero-order valence-electron chi connectivity index (χ0n) is 20.6. The lowest BCUT2D eigenvalue weighted by Crippen LogP contribution is -2.50. The summed E-state index contributed by atoms with van der Waals surface area (Å²) in [7, 11) is 0. The predicted molar refractivity (Wildman–Crippen MR) is 134 cm³/mol. The van der Waals surface area contributed by atoms with Gasteiger partial charge in [-0.2, -0.15) is 0 Å². The highest BCUT2D eigenvalue weighted by Gasteiger charge is 2.40. The van der Waals surface area contributed by atoms with Crippen LogP contribution in [0.25, 0.3) is 11.1 Å². The van der Waals surface area contributed by atoms with E-state index in [1.807, 2.05) is 13.0 Å². The molecule has 1 saturated heterocycles. The van der Waals surface area contributed by atoms with Crippen molar-refractivity contribution in [2.45, 2.75) is 77.5 Å². The summed E-state index contributed by atoms with van der Waals surface area (Å²) in [6.45, 7) is 8.17.